The van der Waals surface area contributed by atoms with Crippen molar-refractivity contribution in [3.05, 3.63) is 52.3 Å². The molecule has 1 aromatic heterocycles. The third kappa shape index (κ3) is 5.68. The molecule has 1 atom stereocenters. The summed E-state index contributed by atoms with van der Waals surface area (Å²) in [4.78, 5) is 7.08. The topological polar surface area (TPSA) is 54.7 Å². The molecule has 3 rings (SSSR count). The van der Waals surface area contributed by atoms with Gasteiger partial charge in [-0.3, -0.25) is 4.68 Å². The molecule has 0 aliphatic carbocycles. The van der Waals surface area contributed by atoms with Gasteiger partial charge in [0, 0.05) is 36.4 Å². The number of hydrogen-bond donors (Lipinski definition) is 1. The number of halogens is 2. The minimum absolute atomic E-state index is 0. The van der Waals surface area contributed by atoms with E-state index in [4.69, 9.17) is 9.73 Å². The molecule has 0 radical (unpaired) electrons. The van der Waals surface area contributed by atoms with Crippen molar-refractivity contribution in [2.45, 2.75) is 19.6 Å². The molecule has 142 valence electrons. The number of rotatable bonds is 4. The Bertz CT molecular complexity index is 736. The van der Waals surface area contributed by atoms with Crippen molar-refractivity contribution in [3.8, 4) is 0 Å². The van der Waals surface area contributed by atoms with Crippen molar-refractivity contribution in [2.24, 2.45) is 12.0 Å². The number of aromatic nitrogens is 2. The summed E-state index contributed by atoms with van der Waals surface area (Å²) in [6, 6.07) is 8.26. The standard InChI is InChI=1S/C18H24BrN5O.HI/c1-3-20-18(21-10-14-5-4-6-16(19)9-14)24-7-8-25-17(13-24)15-11-22-23(2)12-15;/h4-6,9,11-12,17H,3,7-8,10,13H2,1-2H3,(H,20,21);1H. The molecule has 2 heterocycles. The smallest absolute Gasteiger partial charge is 0.194 e. The predicted octanol–water partition coefficient (Wildman–Crippen LogP) is 3.34. The van der Waals surface area contributed by atoms with Gasteiger partial charge in [-0.2, -0.15) is 5.10 Å². The summed E-state index contributed by atoms with van der Waals surface area (Å²) in [6.07, 6.45) is 3.91. The van der Waals surface area contributed by atoms with Crippen LogP contribution in [0, 0.1) is 0 Å². The Balaban J connectivity index is 0.00000243. The predicted molar refractivity (Wildman–Crippen MR) is 118 cm³/mol. The van der Waals surface area contributed by atoms with Crippen LogP contribution in [0.2, 0.25) is 0 Å². The van der Waals surface area contributed by atoms with E-state index in [-0.39, 0.29) is 30.1 Å². The van der Waals surface area contributed by atoms with E-state index in [0.29, 0.717) is 13.2 Å². The summed E-state index contributed by atoms with van der Waals surface area (Å²) in [6.45, 7) is 5.87. The fourth-order valence-electron chi connectivity index (χ4n) is 2.88. The molecule has 0 bridgehead atoms. The lowest BCUT2D eigenvalue weighted by Gasteiger charge is -2.34. The molecule has 1 fully saturated rings. The number of morpholine rings is 1. The number of nitrogens with zero attached hydrogens (tertiary/aromatic N) is 4. The van der Waals surface area contributed by atoms with E-state index in [0.717, 1.165) is 35.6 Å². The molecule has 1 aromatic carbocycles. The fraction of sp³-hybridized carbons (Fsp3) is 0.444. The van der Waals surface area contributed by atoms with Crippen LogP contribution in [-0.2, 0) is 18.3 Å². The van der Waals surface area contributed by atoms with Gasteiger partial charge in [0.2, 0.25) is 0 Å². The van der Waals surface area contributed by atoms with Crippen molar-refractivity contribution in [2.75, 3.05) is 26.2 Å². The number of guanidine groups is 1. The van der Waals surface area contributed by atoms with Crippen LogP contribution in [0.5, 0.6) is 0 Å². The zero-order valence-corrected chi connectivity index (χ0v) is 19.0. The SMILES string of the molecule is CCNC(=NCc1cccc(Br)c1)N1CCOC(c2cnn(C)c2)C1.I. The van der Waals surface area contributed by atoms with Gasteiger partial charge in [-0.15, -0.1) is 24.0 Å². The van der Waals surface area contributed by atoms with Crippen LogP contribution in [-0.4, -0.2) is 46.9 Å². The van der Waals surface area contributed by atoms with Crippen molar-refractivity contribution in [1.82, 2.24) is 20.0 Å². The maximum atomic E-state index is 5.93. The second-order valence-corrected chi connectivity index (χ2v) is 6.97. The normalized spacial score (nSPS) is 17.7. The highest BCUT2D eigenvalue weighted by molar-refractivity contribution is 14.0. The van der Waals surface area contributed by atoms with Gasteiger partial charge in [-0.05, 0) is 24.6 Å². The Hall–Kier alpha value is -1.13. The minimum atomic E-state index is 0. The highest BCUT2D eigenvalue weighted by Crippen LogP contribution is 2.21. The van der Waals surface area contributed by atoms with Gasteiger partial charge in [-0.1, -0.05) is 28.1 Å². The van der Waals surface area contributed by atoms with Crippen molar-refractivity contribution < 1.29 is 4.74 Å². The lowest BCUT2D eigenvalue weighted by Crippen LogP contribution is -2.48. The van der Waals surface area contributed by atoms with Gasteiger partial charge >= 0.3 is 0 Å². The van der Waals surface area contributed by atoms with Gasteiger partial charge in [0.25, 0.3) is 0 Å². The van der Waals surface area contributed by atoms with E-state index in [1.807, 2.05) is 36.3 Å². The number of aryl methyl sites for hydroxylation is 1. The zero-order chi connectivity index (χ0) is 17.6. The van der Waals surface area contributed by atoms with Crippen molar-refractivity contribution in [1.29, 1.82) is 0 Å². The van der Waals surface area contributed by atoms with Crippen LogP contribution in [0.15, 0.2) is 46.1 Å². The third-order valence-corrected chi connectivity index (χ3v) is 4.59. The van der Waals surface area contributed by atoms with Gasteiger partial charge in [0.1, 0.15) is 6.10 Å². The average molecular weight is 534 g/mol. The first-order chi connectivity index (χ1) is 12.2. The van der Waals surface area contributed by atoms with E-state index in [1.165, 1.54) is 5.56 Å². The number of hydrogen-bond acceptors (Lipinski definition) is 3. The first-order valence-electron chi connectivity index (χ1n) is 8.53. The van der Waals surface area contributed by atoms with Gasteiger partial charge < -0.3 is 15.0 Å². The van der Waals surface area contributed by atoms with E-state index >= 15 is 0 Å². The second kappa shape index (κ2) is 10.3. The third-order valence-electron chi connectivity index (χ3n) is 4.10. The molecule has 0 saturated carbocycles. The molecule has 0 spiro atoms. The molecular weight excluding hydrogens is 509 g/mol. The van der Waals surface area contributed by atoms with Crippen LogP contribution in [0.3, 0.4) is 0 Å². The largest absolute Gasteiger partial charge is 0.370 e. The lowest BCUT2D eigenvalue weighted by atomic mass is 10.1. The molecule has 1 aliphatic heterocycles. The highest BCUT2D eigenvalue weighted by Gasteiger charge is 2.25. The highest BCUT2D eigenvalue weighted by atomic mass is 127. The summed E-state index contributed by atoms with van der Waals surface area (Å²) in [7, 11) is 1.92. The second-order valence-electron chi connectivity index (χ2n) is 6.05. The average Bonchev–Trinajstić information content (AvgIpc) is 3.05. The molecule has 1 saturated heterocycles. The number of ether oxygens (including phenoxy) is 1. The van der Waals surface area contributed by atoms with Crippen LogP contribution in [0.4, 0.5) is 0 Å². The Kier molecular flexibility index (Phi) is 8.36. The zero-order valence-electron chi connectivity index (χ0n) is 15.1. The number of benzene rings is 1. The fourth-order valence-corrected chi connectivity index (χ4v) is 3.32. The van der Waals surface area contributed by atoms with Gasteiger partial charge in [0.05, 0.1) is 25.9 Å². The number of aliphatic imine (C=N–C) groups is 1. The van der Waals surface area contributed by atoms with Crippen LogP contribution < -0.4 is 5.32 Å². The molecule has 1 aliphatic rings. The van der Waals surface area contributed by atoms with Crippen molar-refractivity contribution in [3.63, 3.8) is 0 Å². The molecular formula is C18H25BrIN5O. The quantitative estimate of drug-likeness (QED) is 0.372. The molecule has 0 amide bonds. The lowest BCUT2D eigenvalue weighted by molar-refractivity contribution is -0.00805. The number of nitrogens with one attached hydrogen (secondary N) is 1. The Morgan fingerprint density at radius 2 is 2.31 bits per heavy atom. The first-order valence-corrected chi connectivity index (χ1v) is 9.33. The van der Waals surface area contributed by atoms with E-state index in [9.17, 15) is 0 Å². The summed E-state index contributed by atoms with van der Waals surface area (Å²) < 4.78 is 8.82. The van der Waals surface area contributed by atoms with E-state index < -0.39 is 0 Å². The van der Waals surface area contributed by atoms with Crippen LogP contribution in [0.25, 0.3) is 0 Å². The van der Waals surface area contributed by atoms with Gasteiger partial charge in [0.15, 0.2) is 5.96 Å². The van der Waals surface area contributed by atoms with E-state index in [2.05, 4.69) is 50.3 Å². The van der Waals surface area contributed by atoms with Crippen LogP contribution >= 0.6 is 39.9 Å². The van der Waals surface area contributed by atoms with Crippen molar-refractivity contribution >= 4 is 45.9 Å². The summed E-state index contributed by atoms with van der Waals surface area (Å²) >= 11 is 3.51. The molecule has 26 heavy (non-hydrogen) atoms. The Morgan fingerprint density at radius 1 is 1.46 bits per heavy atom. The minimum Gasteiger partial charge on any atom is -0.370 e. The Morgan fingerprint density at radius 3 is 3.00 bits per heavy atom. The molecule has 1 N–H and O–H groups in total. The monoisotopic (exact) mass is 533 g/mol. The molecule has 6 nitrogen and oxygen atoms in total. The first kappa shape index (κ1) is 21.2. The maximum Gasteiger partial charge on any atom is 0.194 e. The Labute approximate surface area is 180 Å². The maximum absolute atomic E-state index is 5.93. The molecule has 2 aromatic rings. The summed E-state index contributed by atoms with van der Waals surface area (Å²) in [5.41, 5.74) is 2.29. The van der Waals surface area contributed by atoms with Crippen LogP contribution in [0.1, 0.15) is 24.2 Å². The summed E-state index contributed by atoms with van der Waals surface area (Å²) in [5.74, 6) is 0.930. The molecule has 1 unspecified atom stereocenters. The summed E-state index contributed by atoms with van der Waals surface area (Å²) in [5, 5.41) is 7.65. The van der Waals surface area contributed by atoms with Gasteiger partial charge in [-0.25, -0.2) is 4.99 Å². The molecule has 8 heteroatoms. The van der Waals surface area contributed by atoms with E-state index in [1.54, 1.807) is 0 Å².